The van der Waals surface area contributed by atoms with Gasteiger partial charge in [0, 0.05) is 29.0 Å². The molecule has 410 valence electrons. The zero-order valence-corrected chi connectivity index (χ0v) is 46.6. The molecule has 4 N–H and O–H groups in total. The van der Waals surface area contributed by atoms with Gasteiger partial charge in [-0.3, -0.25) is 28.7 Å². The number of carboxylic acid groups (broad SMARTS) is 1. The number of nitrogens with one attached hydrogen (secondary N) is 2. The number of benzene rings is 3. The summed E-state index contributed by atoms with van der Waals surface area (Å²) in [6.45, 7) is 16.1. The Morgan fingerprint density at radius 1 is 0.859 bits per heavy atom. The Morgan fingerprint density at radius 3 is 2.17 bits per heavy atom. The number of nitrogens with zero attached hydrogens (tertiary/aromatic N) is 7. The molecule has 21 heteroatoms. The van der Waals surface area contributed by atoms with Crippen LogP contribution in [0.5, 0.6) is 5.75 Å². The number of nitriles is 1. The standard InChI is InChI=1S/C57H65N9O10S2/c1-32-35(4)78-56-49(32)50(61-44(27-48(69)70)53-64-63-36(5)66(53)56)39-13-11-38(12-14-39)41-17-18-46(42(25-41)28-58)76-24-23-74-20-19-73-21-22-75-30-47(68)62-52(57(6,7)8)55(72)65-29-43(67)26-45(65)54(71)60-33(2)37-9-15-40(16-10-37)51-34(3)59-31-77-51/h9-18,25,31,33,43-45,52,67H,19-24,26-27,29-30H2,1-8H3,(H,60,71)(H,62,68)(H,69,70)/t33-,43+,44-,45-,52+/m0/s1. The first-order valence-corrected chi connectivity index (χ1v) is 27.4. The number of aliphatic imine (C=N–C) groups is 1. The molecular formula is C57H65N9O10S2. The van der Waals surface area contributed by atoms with Crippen molar-refractivity contribution >= 4 is 52.1 Å². The molecular weight excluding hydrogens is 1030 g/mol. The average molecular weight is 1100 g/mol. The number of β-amino-alcohol motifs (C(OH)–C–C–N with tert-alkyl or cyclic N) is 1. The van der Waals surface area contributed by atoms with Gasteiger partial charge in [-0.1, -0.05) is 75.4 Å². The number of carbonyl (C=O) groups excluding carboxylic acids is 3. The van der Waals surface area contributed by atoms with Gasteiger partial charge in [-0.15, -0.1) is 32.9 Å². The quantitative estimate of drug-likeness (QED) is 0.0484. The molecule has 3 aromatic heterocycles. The normalized spacial score (nSPS) is 16.8. The van der Waals surface area contributed by atoms with Crippen molar-refractivity contribution in [2.75, 3.05) is 52.8 Å². The summed E-state index contributed by atoms with van der Waals surface area (Å²) in [5, 5.41) is 45.8. The van der Waals surface area contributed by atoms with Gasteiger partial charge < -0.3 is 44.7 Å². The first kappa shape index (κ1) is 57.0. The Bertz CT molecular complexity index is 3210. The lowest BCUT2D eigenvalue weighted by Crippen LogP contribution is -2.58. The number of hydrogen-bond acceptors (Lipinski definition) is 16. The highest BCUT2D eigenvalue weighted by Crippen LogP contribution is 2.40. The van der Waals surface area contributed by atoms with Crippen molar-refractivity contribution in [2.45, 2.75) is 98.5 Å². The molecule has 1 fully saturated rings. The highest BCUT2D eigenvalue weighted by Gasteiger charge is 2.45. The third kappa shape index (κ3) is 13.2. The second-order valence-corrected chi connectivity index (χ2v) is 22.5. The lowest BCUT2D eigenvalue weighted by Gasteiger charge is -2.35. The minimum absolute atomic E-state index is 0.0408. The number of aromatic nitrogens is 4. The Labute approximate surface area is 461 Å². The third-order valence-corrected chi connectivity index (χ3v) is 15.9. The van der Waals surface area contributed by atoms with E-state index < -0.39 is 47.4 Å². The Hall–Kier alpha value is -7.19. The number of thiazole rings is 1. The maximum atomic E-state index is 14.1. The molecule has 5 atom stereocenters. The number of aliphatic hydroxyl groups is 1. The number of fused-ring (bicyclic) bond motifs is 3. The number of ether oxygens (including phenoxy) is 4. The molecule has 1 saturated heterocycles. The van der Waals surface area contributed by atoms with E-state index in [1.807, 2.05) is 113 Å². The topological polar surface area (TPSA) is 253 Å². The van der Waals surface area contributed by atoms with Crippen LogP contribution in [0.15, 0.2) is 77.2 Å². The van der Waals surface area contributed by atoms with Gasteiger partial charge in [0.2, 0.25) is 17.7 Å². The average Bonchev–Trinajstić information content (AvgIpc) is 4.37. The maximum Gasteiger partial charge on any atom is 0.306 e. The Morgan fingerprint density at radius 2 is 1.51 bits per heavy atom. The van der Waals surface area contributed by atoms with Gasteiger partial charge in [-0.05, 0) is 80.0 Å². The molecule has 0 spiro atoms. The predicted molar refractivity (Wildman–Crippen MR) is 295 cm³/mol. The number of aliphatic carboxylic acids is 1. The van der Waals surface area contributed by atoms with Crippen molar-refractivity contribution in [3.8, 4) is 38.4 Å². The van der Waals surface area contributed by atoms with E-state index >= 15 is 0 Å². The summed E-state index contributed by atoms with van der Waals surface area (Å²) in [5.41, 5.74) is 9.47. The summed E-state index contributed by atoms with van der Waals surface area (Å²) in [7, 11) is 0. The van der Waals surface area contributed by atoms with Crippen LogP contribution in [0.3, 0.4) is 0 Å². The van der Waals surface area contributed by atoms with Gasteiger partial charge in [-0.2, -0.15) is 5.26 Å². The highest BCUT2D eigenvalue weighted by molar-refractivity contribution is 7.15. The fourth-order valence-electron chi connectivity index (χ4n) is 9.47. The highest BCUT2D eigenvalue weighted by atomic mass is 32.1. The van der Waals surface area contributed by atoms with Gasteiger partial charge in [-0.25, -0.2) is 4.98 Å². The molecule has 0 bridgehead atoms. The van der Waals surface area contributed by atoms with Gasteiger partial charge in [0.15, 0.2) is 5.82 Å². The number of amides is 3. The largest absolute Gasteiger partial charge is 0.490 e. The molecule has 78 heavy (non-hydrogen) atoms. The zero-order valence-electron chi connectivity index (χ0n) is 45.0. The van der Waals surface area contributed by atoms with Crippen molar-refractivity contribution in [3.63, 3.8) is 0 Å². The monoisotopic (exact) mass is 1100 g/mol. The first-order valence-electron chi connectivity index (χ1n) is 25.7. The summed E-state index contributed by atoms with van der Waals surface area (Å²) in [6, 6.07) is 20.3. The minimum atomic E-state index is -0.999. The molecule has 6 aromatic rings. The van der Waals surface area contributed by atoms with Crippen molar-refractivity contribution in [2.24, 2.45) is 10.4 Å². The predicted octanol–water partition coefficient (Wildman–Crippen LogP) is 7.39. The van der Waals surface area contributed by atoms with E-state index in [9.17, 15) is 34.7 Å². The SMILES string of the molecule is Cc1ncsc1-c1ccc([C@H](C)NC(=O)[C@@H]2C[C@@H](O)CN2C(=O)[C@@H](NC(=O)COCCOCCOCCOc2ccc(-c3ccc(C4=N[C@@H](CC(=O)O)c5nnc(C)n5-c5sc(C)c(C)c54)cc3)cc2C#N)C(C)(C)C)cc1. The van der Waals surface area contributed by atoms with Crippen molar-refractivity contribution in [3.05, 3.63) is 122 Å². The van der Waals surface area contributed by atoms with Gasteiger partial charge >= 0.3 is 5.97 Å². The number of hydrogen-bond donors (Lipinski definition) is 4. The number of likely N-dealkylation sites (tertiary alicyclic amines) is 1. The van der Waals surface area contributed by atoms with Gasteiger partial charge in [0.05, 0.1) is 79.0 Å². The Kier molecular flexibility index (Phi) is 18.3. The summed E-state index contributed by atoms with van der Waals surface area (Å²) in [5.74, 6) is -0.781. The molecule has 8 rings (SSSR count). The van der Waals surface area contributed by atoms with E-state index in [1.165, 1.54) is 4.90 Å². The molecule has 5 heterocycles. The number of thiophene rings is 1. The van der Waals surface area contributed by atoms with E-state index in [-0.39, 0.29) is 77.6 Å². The molecule has 2 aliphatic heterocycles. The van der Waals surface area contributed by atoms with Crippen LogP contribution in [-0.2, 0) is 33.4 Å². The van der Waals surface area contributed by atoms with Crippen LogP contribution in [0.2, 0.25) is 0 Å². The fourth-order valence-corrected chi connectivity index (χ4v) is 11.5. The minimum Gasteiger partial charge on any atom is -0.490 e. The summed E-state index contributed by atoms with van der Waals surface area (Å²) >= 11 is 3.17. The molecule has 0 radical (unpaired) electrons. The van der Waals surface area contributed by atoms with Crippen LogP contribution in [0.1, 0.15) is 103 Å². The second kappa shape index (κ2) is 25.1. The first-order chi connectivity index (χ1) is 37.3. The van der Waals surface area contributed by atoms with E-state index in [0.717, 1.165) is 59.4 Å². The van der Waals surface area contributed by atoms with Gasteiger partial charge in [0.25, 0.3) is 0 Å². The zero-order chi connectivity index (χ0) is 55.8. The van der Waals surface area contributed by atoms with E-state index in [2.05, 4.69) is 38.8 Å². The van der Waals surface area contributed by atoms with Crippen LogP contribution in [0.4, 0.5) is 0 Å². The lowest BCUT2D eigenvalue weighted by atomic mass is 9.85. The molecule has 2 aliphatic rings. The van der Waals surface area contributed by atoms with Gasteiger partial charge in [0.1, 0.15) is 54.0 Å². The third-order valence-electron chi connectivity index (χ3n) is 13.7. The van der Waals surface area contributed by atoms with Crippen LogP contribution in [0, 0.1) is 44.4 Å². The fraction of sp³-hybridized carbons (Fsp3) is 0.421. The molecule has 3 amide bonds. The number of carbonyl (C=O) groups is 4. The number of carboxylic acids is 1. The number of rotatable bonds is 22. The molecule has 0 saturated carbocycles. The molecule has 3 aromatic carbocycles. The smallest absolute Gasteiger partial charge is 0.306 e. The van der Waals surface area contributed by atoms with Crippen molar-refractivity contribution in [1.29, 1.82) is 5.26 Å². The Balaban J connectivity index is 0.745. The number of aliphatic hydroxyl groups excluding tert-OH is 1. The molecule has 19 nitrogen and oxygen atoms in total. The van der Waals surface area contributed by atoms with Crippen LogP contribution in [-0.4, -0.2) is 135 Å². The van der Waals surface area contributed by atoms with Crippen molar-refractivity contribution in [1.82, 2.24) is 35.3 Å². The summed E-state index contributed by atoms with van der Waals surface area (Å²) < 4.78 is 24.7. The second-order valence-electron chi connectivity index (χ2n) is 20.4. The van der Waals surface area contributed by atoms with Crippen LogP contribution >= 0.6 is 22.7 Å². The van der Waals surface area contributed by atoms with E-state index in [1.54, 1.807) is 34.8 Å². The van der Waals surface area contributed by atoms with Crippen molar-refractivity contribution < 1.29 is 48.3 Å². The maximum absolute atomic E-state index is 14.1. The van der Waals surface area contributed by atoms with E-state index in [0.29, 0.717) is 28.7 Å². The van der Waals surface area contributed by atoms with E-state index in [4.69, 9.17) is 23.9 Å². The van der Waals surface area contributed by atoms with Crippen LogP contribution in [0.25, 0.3) is 26.6 Å². The molecule has 0 unspecified atom stereocenters. The lowest BCUT2D eigenvalue weighted by molar-refractivity contribution is -0.144. The number of aryl methyl sites for hydroxylation is 3. The van der Waals surface area contributed by atoms with Crippen LogP contribution < -0.4 is 15.4 Å². The molecule has 0 aliphatic carbocycles. The summed E-state index contributed by atoms with van der Waals surface area (Å²) in [4.78, 5) is 65.7. The summed E-state index contributed by atoms with van der Waals surface area (Å²) in [6.07, 6.45) is -1.06.